The minimum absolute atomic E-state index is 0.0163. The normalized spacial score (nSPS) is 17.0. The van der Waals surface area contributed by atoms with Gasteiger partial charge in [-0.2, -0.15) is 0 Å². The van der Waals surface area contributed by atoms with E-state index in [0.717, 1.165) is 30.7 Å². The fraction of sp³-hybridized carbons (Fsp3) is 0.364. The number of nitrogens with one attached hydrogen (secondary N) is 2. The maximum Gasteiger partial charge on any atom is 0.261 e. The van der Waals surface area contributed by atoms with Crippen LogP contribution in [0, 0.1) is 11.6 Å². The van der Waals surface area contributed by atoms with Gasteiger partial charge in [0.2, 0.25) is 0 Å². The smallest absolute Gasteiger partial charge is 0.261 e. The Morgan fingerprint density at radius 3 is 2.44 bits per heavy atom. The highest BCUT2D eigenvalue weighted by Gasteiger charge is 2.25. The van der Waals surface area contributed by atoms with Gasteiger partial charge < -0.3 is 9.88 Å². The minimum Gasteiger partial charge on any atom is -0.315 e. The van der Waals surface area contributed by atoms with Gasteiger partial charge in [-0.3, -0.25) is 4.72 Å². The van der Waals surface area contributed by atoms with Gasteiger partial charge in [-0.25, -0.2) is 17.2 Å². The highest BCUT2D eigenvalue weighted by molar-refractivity contribution is 7.92. The molecule has 1 unspecified atom stereocenters. The highest BCUT2D eigenvalue weighted by atomic mass is 32.2. The van der Waals surface area contributed by atoms with E-state index >= 15 is 0 Å². The van der Waals surface area contributed by atoms with Crippen molar-refractivity contribution in [2.45, 2.75) is 43.5 Å². The van der Waals surface area contributed by atoms with Crippen LogP contribution in [0.5, 0.6) is 0 Å². The molecule has 0 amide bonds. The summed E-state index contributed by atoms with van der Waals surface area (Å²) in [6, 6.07) is 8.28. The van der Waals surface area contributed by atoms with Crippen molar-refractivity contribution in [1.29, 1.82) is 0 Å². The number of rotatable bonds is 5. The average Bonchev–Trinajstić information content (AvgIpc) is 3.41. The van der Waals surface area contributed by atoms with E-state index in [1.54, 1.807) is 16.7 Å². The summed E-state index contributed by atoms with van der Waals surface area (Å²) in [5, 5.41) is 11.2. The maximum absolute atomic E-state index is 14.1. The number of hydrogen-bond acceptors (Lipinski definition) is 5. The van der Waals surface area contributed by atoms with Crippen LogP contribution >= 0.6 is 0 Å². The summed E-state index contributed by atoms with van der Waals surface area (Å²) < 4.78 is 58.5. The van der Waals surface area contributed by atoms with Crippen LogP contribution in [0.3, 0.4) is 0 Å². The van der Waals surface area contributed by atoms with Gasteiger partial charge in [-0.05, 0) is 42.1 Å². The van der Waals surface area contributed by atoms with E-state index in [9.17, 15) is 17.2 Å². The fourth-order valence-electron chi connectivity index (χ4n) is 3.73. The van der Waals surface area contributed by atoms with Crippen molar-refractivity contribution >= 4 is 15.7 Å². The third-order valence-corrected chi connectivity index (χ3v) is 6.96. The molecule has 1 fully saturated rings. The average molecular weight is 462 g/mol. The van der Waals surface area contributed by atoms with Crippen LogP contribution in [0.25, 0.3) is 11.4 Å². The molecule has 0 aliphatic carbocycles. The summed E-state index contributed by atoms with van der Waals surface area (Å²) in [7, 11) is -4.06. The molecule has 1 aromatic heterocycles. The van der Waals surface area contributed by atoms with E-state index in [0.29, 0.717) is 6.54 Å². The molecule has 0 radical (unpaired) electrons. The number of nitrogens with zero attached hydrogens (tertiary/aromatic N) is 3. The van der Waals surface area contributed by atoms with Gasteiger partial charge in [0, 0.05) is 18.2 Å². The van der Waals surface area contributed by atoms with Gasteiger partial charge in [-0.15, -0.1) is 10.2 Å². The molecule has 170 valence electrons. The Kier molecular flexibility index (Phi) is 5.76. The lowest BCUT2D eigenvalue weighted by Crippen LogP contribution is -2.17. The molecule has 1 saturated heterocycles. The SMILES string of the molecule is CC(C)(C)c1ccc(S(=O)(=O)Nc2cc(F)c(F)cc2-c2nncn2C2CCNC2)cc1. The third-order valence-electron chi connectivity index (χ3n) is 5.58. The molecule has 1 atom stereocenters. The first kappa shape index (κ1) is 22.3. The zero-order valence-electron chi connectivity index (χ0n) is 18.1. The molecule has 3 aromatic rings. The molecule has 7 nitrogen and oxygen atoms in total. The zero-order valence-corrected chi connectivity index (χ0v) is 18.9. The van der Waals surface area contributed by atoms with Crippen molar-refractivity contribution in [1.82, 2.24) is 20.1 Å². The van der Waals surface area contributed by atoms with Gasteiger partial charge in [0.15, 0.2) is 17.5 Å². The molecule has 0 bridgehead atoms. The first-order valence-corrected chi connectivity index (χ1v) is 11.8. The minimum atomic E-state index is -4.06. The molecule has 4 rings (SSSR count). The predicted molar refractivity (Wildman–Crippen MR) is 118 cm³/mol. The number of halogens is 2. The van der Waals surface area contributed by atoms with Crippen LogP contribution in [0.1, 0.15) is 38.8 Å². The lowest BCUT2D eigenvalue weighted by Gasteiger charge is -2.19. The summed E-state index contributed by atoms with van der Waals surface area (Å²) in [4.78, 5) is 0.0163. The van der Waals surface area contributed by atoms with Crippen LogP contribution in [0.2, 0.25) is 0 Å². The Labute approximate surface area is 185 Å². The van der Waals surface area contributed by atoms with Crippen LogP contribution in [-0.2, 0) is 15.4 Å². The standard InChI is InChI=1S/C22H25F2N5O2S/c1-22(2,3)14-4-6-16(7-5-14)32(30,31)28-20-11-19(24)18(23)10-17(20)21-27-26-13-29(21)15-8-9-25-12-15/h4-7,10-11,13,15,25,28H,8-9,12H2,1-3H3. The van der Waals surface area contributed by atoms with Gasteiger partial charge >= 0.3 is 0 Å². The number of anilines is 1. The molecular formula is C22H25F2N5O2S. The Hall–Kier alpha value is -2.85. The number of benzene rings is 2. The molecule has 32 heavy (non-hydrogen) atoms. The molecule has 0 saturated carbocycles. The van der Waals surface area contributed by atoms with E-state index in [4.69, 9.17) is 0 Å². The number of hydrogen-bond donors (Lipinski definition) is 2. The molecule has 2 heterocycles. The molecule has 0 spiro atoms. The van der Waals surface area contributed by atoms with E-state index in [1.807, 2.05) is 20.8 Å². The second-order valence-corrected chi connectivity index (χ2v) is 10.6. The molecular weight excluding hydrogens is 436 g/mol. The topological polar surface area (TPSA) is 88.9 Å². The fourth-order valence-corrected chi connectivity index (χ4v) is 4.80. The Balaban J connectivity index is 1.73. The van der Waals surface area contributed by atoms with E-state index in [-0.39, 0.29) is 33.4 Å². The van der Waals surface area contributed by atoms with Crippen molar-refractivity contribution in [2.75, 3.05) is 17.8 Å². The summed E-state index contributed by atoms with van der Waals surface area (Å²) in [6.07, 6.45) is 2.33. The van der Waals surface area contributed by atoms with Crippen LogP contribution < -0.4 is 10.0 Å². The quantitative estimate of drug-likeness (QED) is 0.602. The summed E-state index contributed by atoms with van der Waals surface area (Å²) in [5.74, 6) is -2.00. The van der Waals surface area contributed by atoms with Crippen LogP contribution in [-0.4, -0.2) is 36.3 Å². The van der Waals surface area contributed by atoms with Crippen molar-refractivity contribution < 1.29 is 17.2 Å². The van der Waals surface area contributed by atoms with Crippen LogP contribution in [0.15, 0.2) is 47.6 Å². The lowest BCUT2D eigenvalue weighted by molar-refractivity contribution is 0.508. The molecule has 1 aliphatic rings. The predicted octanol–water partition coefficient (Wildman–Crippen LogP) is 3.86. The first-order valence-electron chi connectivity index (χ1n) is 10.3. The number of sulfonamides is 1. The zero-order chi connectivity index (χ0) is 23.1. The van der Waals surface area contributed by atoms with Crippen molar-refractivity contribution in [2.24, 2.45) is 0 Å². The summed E-state index contributed by atoms with van der Waals surface area (Å²) >= 11 is 0. The lowest BCUT2D eigenvalue weighted by atomic mass is 9.87. The van der Waals surface area contributed by atoms with Gasteiger partial charge in [0.25, 0.3) is 10.0 Å². The monoisotopic (exact) mass is 461 g/mol. The van der Waals surface area contributed by atoms with Gasteiger partial charge in [0.1, 0.15) is 6.33 Å². The Bertz CT molecular complexity index is 1230. The second kappa shape index (κ2) is 8.25. The van der Waals surface area contributed by atoms with Crippen molar-refractivity contribution in [3.63, 3.8) is 0 Å². The maximum atomic E-state index is 14.1. The third kappa shape index (κ3) is 4.37. The Morgan fingerprint density at radius 2 is 1.81 bits per heavy atom. The van der Waals surface area contributed by atoms with Crippen LogP contribution in [0.4, 0.5) is 14.5 Å². The second-order valence-electron chi connectivity index (χ2n) is 8.90. The van der Waals surface area contributed by atoms with E-state index in [2.05, 4.69) is 20.2 Å². The largest absolute Gasteiger partial charge is 0.315 e. The molecule has 10 heteroatoms. The van der Waals surface area contributed by atoms with Crippen molar-refractivity contribution in [3.8, 4) is 11.4 Å². The first-order chi connectivity index (χ1) is 15.1. The van der Waals surface area contributed by atoms with E-state index < -0.39 is 21.7 Å². The van der Waals surface area contributed by atoms with Gasteiger partial charge in [-0.1, -0.05) is 32.9 Å². The summed E-state index contributed by atoms with van der Waals surface area (Å²) in [6.45, 7) is 7.56. The number of aromatic nitrogens is 3. The molecule has 2 N–H and O–H groups in total. The molecule has 2 aromatic carbocycles. The highest BCUT2D eigenvalue weighted by Crippen LogP contribution is 2.33. The summed E-state index contributed by atoms with van der Waals surface area (Å²) in [5.41, 5.74) is 0.845. The van der Waals surface area contributed by atoms with E-state index in [1.165, 1.54) is 18.5 Å². The van der Waals surface area contributed by atoms with Crippen molar-refractivity contribution in [3.05, 3.63) is 59.9 Å². The Morgan fingerprint density at radius 1 is 1.12 bits per heavy atom. The molecule has 1 aliphatic heterocycles. The van der Waals surface area contributed by atoms with Gasteiger partial charge in [0.05, 0.1) is 16.6 Å².